The zero-order valence-corrected chi connectivity index (χ0v) is 15.7. The first kappa shape index (κ1) is 17.1. The number of nitrogens with two attached hydrogens (primary N) is 1. The lowest BCUT2D eigenvalue weighted by Gasteiger charge is -2.27. The van der Waals surface area contributed by atoms with E-state index in [2.05, 4.69) is 11.1 Å². The number of aromatic amines is 1. The molecular weight excluding hydrogens is 362 g/mol. The highest BCUT2D eigenvalue weighted by molar-refractivity contribution is 5.90. The number of hydrogen-bond acceptors (Lipinski definition) is 4. The predicted molar refractivity (Wildman–Crippen MR) is 113 cm³/mol. The highest BCUT2D eigenvalue weighted by Crippen LogP contribution is 2.44. The maximum Gasteiger partial charge on any atom is 0.252 e. The van der Waals surface area contributed by atoms with Crippen molar-refractivity contribution in [2.24, 2.45) is 5.73 Å². The maximum atomic E-state index is 13.1. The van der Waals surface area contributed by atoms with Crippen LogP contribution in [0.2, 0.25) is 0 Å². The van der Waals surface area contributed by atoms with E-state index in [9.17, 15) is 10.1 Å². The molecular formula is C24H17N3O2. The number of fused-ring (bicyclic) bond motifs is 4. The van der Waals surface area contributed by atoms with Crippen molar-refractivity contribution in [3.8, 4) is 11.8 Å². The van der Waals surface area contributed by atoms with E-state index in [1.165, 1.54) is 0 Å². The van der Waals surface area contributed by atoms with Gasteiger partial charge in [0.1, 0.15) is 17.4 Å². The summed E-state index contributed by atoms with van der Waals surface area (Å²) in [5, 5.41) is 12.7. The molecule has 0 bridgehead atoms. The van der Waals surface area contributed by atoms with Crippen LogP contribution in [0.25, 0.3) is 21.7 Å². The van der Waals surface area contributed by atoms with Crippen molar-refractivity contribution in [3.63, 3.8) is 0 Å². The molecule has 1 atom stereocenters. The van der Waals surface area contributed by atoms with Crippen LogP contribution < -0.4 is 16.0 Å². The smallest absolute Gasteiger partial charge is 0.252 e. The lowest BCUT2D eigenvalue weighted by molar-refractivity contribution is 0.395. The van der Waals surface area contributed by atoms with Gasteiger partial charge in [0, 0.05) is 16.6 Å². The van der Waals surface area contributed by atoms with Crippen LogP contribution in [0.4, 0.5) is 0 Å². The molecule has 1 unspecified atom stereocenters. The van der Waals surface area contributed by atoms with Gasteiger partial charge in [-0.15, -0.1) is 0 Å². The Balaban J connectivity index is 1.87. The Hall–Kier alpha value is -4.04. The molecule has 3 N–H and O–H groups in total. The van der Waals surface area contributed by atoms with Gasteiger partial charge in [-0.3, -0.25) is 4.79 Å². The van der Waals surface area contributed by atoms with Crippen molar-refractivity contribution >= 4 is 21.7 Å². The second-order valence-corrected chi connectivity index (χ2v) is 7.27. The molecule has 29 heavy (non-hydrogen) atoms. The van der Waals surface area contributed by atoms with Crippen LogP contribution in [0.15, 0.2) is 76.9 Å². The van der Waals surface area contributed by atoms with E-state index in [-0.39, 0.29) is 17.0 Å². The molecule has 3 aromatic carbocycles. The maximum absolute atomic E-state index is 13.1. The second-order valence-electron chi connectivity index (χ2n) is 7.27. The molecule has 5 rings (SSSR count). The largest absolute Gasteiger partial charge is 0.440 e. The zero-order chi connectivity index (χ0) is 20.1. The highest BCUT2D eigenvalue weighted by atomic mass is 16.5. The van der Waals surface area contributed by atoms with Crippen molar-refractivity contribution in [3.05, 3.63) is 99.2 Å². The van der Waals surface area contributed by atoms with Gasteiger partial charge in [0.05, 0.1) is 5.92 Å². The van der Waals surface area contributed by atoms with Gasteiger partial charge in [0.25, 0.3) is 5.56 Å². The Morgan fingerprint density at radius 1 is 1.07 bits per heavy atom. The molecule has 1 aliphatic rings. The first-order chi connectivity index (χ1) is 14.1. The molecule has 5 heteroatoms. The summed E-state index contributed by atoms with van der Waals surface area (Å²) < 4.78 is 5.76. The molecule has 4 aromatic rings. The van der Waals surface area contributed by atoms with Gasteiger partial charge in [-0.05, 0) is 46.8 Å². The predicted octanol–water partition coefficient (Wildman–Crippen LogP) is 4.21. The third-order valence-corrected chi connectivity index (χ3v) is 5.46. The number of aryl methyl sites for hydroxylation is 1. The van der Waals surface area contributed by atoms with E-state index in [1.54, 1.807) is 0 Å². The minimum Gasteiger partial charge on any atom is -0.440 e. The summed E-state index contributed by atoms with van der Waals surface area (Å²) in [7, 11) is 0. The van der Waals surface area contributed by atoms with E-state index < -0.39 is 5.92 Å². The fourth-order valence-corrected chi connectivity index (χ4v) is 4.10. The standard InChI is InChI=1S/C24H17N3O2/c1-13-6-7-15-11-17(24(28)27-19(15)10-13)21-18(12-25)23(26)29-20-9-8-14-4-2-3-5-16(14)22(20)21/h2-11,21H,26H2,1H3,(H,27,28). The number of H-pyrrole nitrogens is 1. The van der Waals surface area contributed by atoms with Gasteiger partial charge in [-0.2, -0.15) is 5.26 Å². The topological polar surface area (TPSA) is 91.9 Å². The second kappa shape index (κ2) is 6.25. The Labute approximate surface area is 166 Å². The van der Waals surface area contributed by atoms with Crippen LogP contribution in [0, 0.1) is 18.3 Å². The van der Waals surface area contributed by atoms with Gasteiger partial charge in [-0.25, -0.2) is 0 Å². The van der Waals surface area contributed by atoms with Crippen LogP contribution in [-0.4, -0.2) is 4.98 Å². The SMILES string of the molecule is Cc1ccc2cc(C3C(C#N)=C(N)Oc4ccc5ccccc5c43)c(=O)[nH]c2c1. The Morgan fingerprint density at radius 2 is 1.86 bits per heavy atom. The normalized spacial score (nSPS) is 15.8. The number of nitrogens with zero attached hydrogens (tertiary/aromatic N) is 1. The first-order valence-corrected chi connectivity index (χ1v) is 9.29. The van der Waals surface area contributed by atoms with Gasteiger partial charge in [0.2, 0.25) is 5.88 Å². The third-order valence-electron chi connectivity index (χ3n) is 5.46. The fraction of sp³-hybridized carbons (Fsp3) is 0.0833. The fourth-order valence-electron chi connectivity index (χ4n) is 4.10. The minimum atomic E-state index is -0.607. The molecule has 1 aromatic heterocycles. The van der Waals surface area contributed by atoms with Crippen LogP contribution in [0.5, 0.6) is 5.75 Å². The summed E-state index contributed by atoms with van der Waals surface area (Å²) >= 11 is 0. The van der Waals surface area contributed by atoms with Gasteiger partial charge in [0.15, 0.2) is 0 Å². The van der Waals surface area contributed by atoms with Crippen LogP contribution in [0.1, 0.15) is 22.6 Å². The lowest BCUT2D eigenvalue weighted by Crippen LogP contribution is -2.25. The van der Waals surface area contributed by atoms with Crippen LogP contribution in [0.3, 0.4) is 0 Å². The molecule has 1 aliphatic heterocycles. The molecule has 0 radical (unpaired) electrons. The Bertz CT molecular complexity index is 1440. The van der Waals surface area contributed by atoms with E-state index in [1.807, 2.05) is 67.6 Å². The van der Waals surface area contributed by atoms with E-state index >= 15 is 0 Å². The van der Waals surface area contributed by atoms with Crippen molar-refractivity contribution in [2.45, 2.75) is 12.8 Å². The van der Waals surface area contributed by atoms with Gasteiger partial charge < -0.3 is 15.5 Å². The third kappa shape index (κ3) is 2.58. The van der Waals surface area contributed by atoms with Crippen LogP contribution >= 0.6 is 0 Å². The summed E-state index contributed by atoms with van der Waals surface area (Å²) in [6.07, 6.45) is 0. The summed E-state index contributed by atoms with van der Waals surface area (Å²) in [6, 6.07) is 21.5. The molecule has 0 spiro atoms. The first-order valence-electron chi connectivity index (χ1n) is 9.29. The van der Waals surface area contributed by atoms with Crippen LogP contribution in [-0.2, 0) is 0 Å². The number of nitrogens with one attached hydrogen (secondary N) is 1. The lowest BCUT2D eigenvalue weighted by atomic mass is 9.81. The summed E-state index contributed by atoms with van der Waals surface area (Å²) in [6.45, 7) is 1.98. The minimum absolute atomic E-state index is 0.0312. The summed E-state index contributed by atoms with van der Waals surface area (Å²) in [5.74, 6) is -0.0124. The molecule has 0 saturated carbocycles. The molecule has 5 nitrogen and oxygen atoms in total. The number of rotatable bonds is 1. The summed E-state index contributed by atoms with van der Waals surface area (Å²) in [4.78, 5) is 16.1. The van der Waals surface area contributed by atoms with Crippen molar-refractivity contribution in [2.75, 3.05) is 0 Å². The average molecular weight is 379 g/mol. The number of benzene rings is 3. The number of allylic oxidation sites excluding steroid dienone is 1. The highest BCUT2D eigenvalue weighted by Gasteiger charge is 2.33. The van der Waals surface area contributed by atoms with Crippen molar-refractivity contribution < 1.29 is 4.74 Å². The van der Waals surface area contributed by atoms with E-state index in [0.29, 0.717) is 11.3 Å². The Kier molecular flexibility index (Phi) is 3.68. The Morgan fingerprint density at radius 3 is 2.69 bits per heavy atom. The number of pyridine rings is 1. The average Bonchev–Trinajstić information content (AvgIpc) is 2.72. The van der Waals surface area contributed by atoms with E-state index in [4.69, 9.17) is 10.5 Å². The van der Waals surface area contributed by atoms with Gasteiger partial charge in [-0.1, -0.05) is 42.5 Å². The number of aromatic nitrogens is 1. The molecule has 140 valence electrons. The number of ether oxygens (including phenoxy) is 1. The van der Waals surface area contributed by atoms with Crippen molar-refractivity contribution in [1.82, 2.24) is 4.98 Å². The zero-order valence-electron chi connectivity index (χ0n) is 15.7. The molecule has 0 aliphatic carbocycles. The molecule has 0 saturated heterocycles. The molecule has 0 fully saturated rings. The van der Waals surface area contributed by atoms with Gasteiger partial charge >= 0.3 is 0 Å². The van der Waals surface area contributed by atoms with Crippen molar-refractivity contribution in [1.29, 1.82) is 5.26 Å². The molecule has 2 heterocycles. The quantitative estimate of drug-likeness (QED) is 0.518. The summed E-state index contributed by atoms with van der Waals surface area (Å²) in [5.41, 5.74) is 9.16. The number of nitriles is 1. The number of hydrogen-bond donors (Lipinski definition) is 2. The molecule has 0 amide bonds. The van der Waals surface area contributed by atoms with E-state index in [0.717, 1.165) is 32.8 Å². The monoisotopic (exact) mass is 379 g/mol.